The van der Waals surface area contributed by atoms with E-state index >= 15 is 0 Å². The lowest BCUT2D eigenvalue weighted by molar-refractivity contribution is -0.166. The molecule has 0 saturated heterocycles. The van der Waals surface area contributed by atoms with Gasteiger partial charge in [-0.3, -0.25) is 9.59 Å². The molecule has 42 heavy (non-hydrogen) atoms. The van der Waals surface area contributed by atoms with Crippen LogP contribution in [-0.2, 0) is 21.9 Å². The van der Waals surface area contributed by atoms with E-state index in [0.29, 0.717) is 41.0 Å². The molecule has 0 spiro atoms. The Kier molecular flexibility index (Phi) is 8.61. The van der Waals surface area contributed by atoms with Crippen molar-refractivity contribution < 1.29 is 33.4 Å². The van der Waals surface area contributed by atoms with Gasteiger partial charge >= 0.3 is 11.9 Å². The summed E-state index contributed by atoms with van der Waals surface area (Å²) in [6.45, 7) is 0.180. The third-order valence-electron chi connectivity index (χ3n) is 8.22. The zero-order valence-corrected chi connectivity index (χ0v) is 23.4. The fourth-order valence-electron chi connectivity index (χ4n) is 6.07. The highest BCUT2D eigenvalue weighted by molar-refractivity contribution is 6.30. The van der Waals surface area contributed by atoms with Crippen molar-refractivity contribution in [2.75, 3.05) is 6.54 Å². The SMILES string of the molecule is O=C(NCCc1ccc(C(F)(F)C(=O)O)cc1)[C@@H]1c2ccccc2C(=O)N([C@H]2CCCC[C@@H]2O)[C@H]1c1ccc(Cl)cc1. The summed E-state index contributed by atoms with van der Waals surface area (Å²) in [6, 6.07) is 17.8. The van der Waals surface area contributed by atoms with Crippen LogP contribution >= 0.6 is 11.6 Å². The second-order valence-electron chi connectivity index (χ2n) is 10.8. The van der Waals surface area contributed by atoms with Gasteiger partial charge in [-0.05, 0) is 54.2 Å². The Labute approximate surface area is 247 Å². The first kappa shape index (κ1) is 29.7. The number of amides is 2. The monoisotopic (exact) mass is 596 g/mol. The number of carboxylic acids is 1. The number of aliphatic hydroxyl groups is 1. The van der Waals surface area contributed by atoms with Crippen LogP contribution in [0.2, 0.25) is 5.02 Å². The molecule has 4 atom stereocenters. The van der Waals surface area contributed by atoms with Crippen LogP contribution in [0, 0.1) is 0 Å². The highest BCUT2D eigenvalue weighted by Crippen LogP contribution is 2.46. The molecule has 0 bridgehead atoms. The Hall–Kier alpha value is -3.82. The minimum atomic E-state index is -3.99. The van der Waals surface area contributed by atoms with E-state index in [-0.39, 0.29) is 18.4 Å². The maximum atomic E-state index is 14.0. The van der Waals surface area contributed by atoms with E-state index in [1.165, 1.54) is 12.1 Å². The lowest BCUT2D eigenvalue weighted by Gasteiger charge is -2.48. The molecule has 1 heterocycles. The Morgan fingerprint density at radius 1 is 0.976 bits per heavy atom. The third kappa shape index (κ3) is 5.76. The number of fused-ring (bicyclic) bond motifs is 1. The minimum absolute atomic E-state index is 0.180. The number of aliphatic carboxylic acids is 1. The van der Waals surface area contributed by atoms with E-state index in [2.05, 4.69) is 5.32 Å². The fourth-order valence-corrected chi connectivity index (χ4v) is 6.20. The number of nitrogens with zero attached hydrogens (tertiary/aromatic N) is 1. The number of halogens is 3. The number of carbonyl (C=O) groups is 3. The van der Waals surface area contributed by atoms with Crippen LogP contribution in [0.4, 0.5) is 8.78 Å². The van der Waals surface area contributed by atoms with Crippen LogP contribution in [0.3, 0.4) is 0 Å². The largest absolute Gasteiger partial charge is 0.477 e. The molecule has 0 unspecified atom stereocenters. The van der Waals surface area contributed by atoms with Gasteiger partial charge in [0, 0.05) is 22.7 Å². The highest BCUT2D eigenvalue weighted by atomic mass is 35.5. The van der Waals surface area contributed by atoms with Crippen LogP contribution in [0.5, 0.6) is 0 Å². The quantitative estimate of drug-likeness (QED) is 0.320. The van der Waals surface area contributed by atoms with E-state index in [4.69, 9.17) is 16.7 Å². The maximum absolute atomic E-state index is 14.0. The summed E-state index contributed by atoms with van der Waals surface area (Å²) in [5.41, 5.74) is 1.73. The molecule has 220 valence electrons. The first-order chi connectivity index (χ1) is 20.1. The van der Waals surface area contributed by atoms with Crippen molar-refractivity contribution in [2.24, 2.45) is 0 Å². The van der Waals surface area contributed by atoms with Gasteiger partial charge in [0.2, 0.25) is 5.91 Å². The predicted molar refractivity (Wildman–Crippen MR) is 152 cm³/mol. The van der Waals surface area contributed by atoms with Crippen LogP contribution in [-0.4, -0.2) is 51.6 Å². The standard InChI is InChI=1S/C32H31ClF2N2O5/c33-22-15-11-20(12-16-22)28-27(29(39)36-18-17-19-9-13-21(14-10-19)32(34,35)31(41)42)23-5-1-2-6-24(23)30(40)37(28)25-7-3-4-8-26(25)38/h1-2,5-6,9-16,25-28,38H,3-4,7-8,17-18H2,(H,36,39)(H,41,42)/t25-,26-,27+,28-/m0/s1. The number of aliphatic hydroxyl groups excluding tert-OH is 1. The van der Waals surface area contributed by atoms with Crippen molar-refractivity contribution in [3.63, 3.8) is 0 Å². The number of hydrogen-bond donors (Lipinski definition) is 3. The molecule has 1 aliphatic heterocycles. The summed E-state index contributed by atoms with van der Waals surface area (Å²) in [4.78, 5) is 40.5. The molecule has 3 N–H and O–H groups in total. The predicted octanol–water partition coefficient (Wildman–Crippen LogP) is 5.46. The van der Waals surface area contributed by atoms with Crippen molar-refractivity contribution in [3.05, 3.63) is 106 Å². The second kappa shape index (κ2) is 12.2. The van der Waals surface area contributed by atoms with Gasteiger partial charge in [0.25, 0.3) is 5.91 Å². The number of nitrogens with one attached hydrogen (secondary N) is 1. The van der Waals surface area contributed by atoms with Crippen LogP contribution < -0.4 is 5.32 Å². The molecule has 1 aliphatic carbocycles. The zero-order chi connectivity index (χ0) is 30.0. The van der Waals surface area contributed by atoms with E-state index in [1.807, 2.05) is 0 Å². The first-order valence-corrected chi connectivity index (χ1v) is 14.3. The normalized spacial score (nSPS) is 22.4. The van der Waals surface area contributed by atoms with Gasteiger partial charge in [-0.15, -0.1) is 0 Å². The summed E-state index contributed by atoms with van der Waals surface area (Å²) < 4.78 is 27.6. The lowest BCUT2D eigenvalue weighted by atomic mass is 9.76. The van der Waals surface area contributed by atoms with E-state index in [0.717, 1.165) is 30.5 Å². The Morgan fingerprint density at radius 3 is 2.31 bits per heavy atom. The molecule has 3 aromatic carbocycles. The molecular formula is C32H31ClF2N2O5. The number of rotatable bonds is 8. The molecule has 2 aliphatic rings. The summed E-state index contributed by atoms with van der Waals surface area (Å²) in [6.07, 6.45) is 2.49. The number of carbonyl (C=O) groups excluding carboxylic acids is 2. The molecule has 1 saturated carbocycles. The van der Waals surface area contributed by atoms with E-state index in [1.54, 1.807) is 53.4 Å². The number of hydrogen-bond acceptors (Lipinski definition) is 4. The van der Waals surface area contributed by atoms with Gasteiger partial charge in [-0.1, -0.05) is 79.0 Å². The van der Waals surface area contributed by atoms with Gasteiger partial charge in [0.1, 0.15) is 0 Å². The molecule has 7 nitrogen and oxygen atoms in total. The Balaban J connectivity index is 1.44. The molecule has 0 radical (unpaired) electrons. The summed E-state index contributed by atoms with van der Waals surface area (Å²) in [7, 11) is 0. The molecule has 10 heteroatoms. The van der Waals surface area contributed by atoms with Gasteiger partial charge in [-0.2, -0.15) is 8.78 Å². The first-order valence-electron chi connectivity index (χ1n) is 13.9. The second-order valence-corrected chi connectivity index (χ2v) is 11.2. The molecule has 1 fully saturated rings. The van der Waals surface area contributed by atoms with E-state index in [9.17, 15) is 28.3 Å². The third-order valence-corrected chi connectivity index (χ3v) is 8.47. The highest BCUT2D eigenvalue weighted by Gasteiger charge is 2.48. The summed E-state index contributed by atoms with van der Waals surface area (Å²) >= 11 is 6.17. The Morgan fingerprint density at radius 2 is 1.64 bits per heavy atom. The smallest absolute Gasteiger partial charge is 0.379 e. The molecule has 5 rings (SSSR count). The van der Waals surface area contributed by atoms with Gasteiger partial charge < -0.3 is 20.4 Å². The molecule has 2 amide bonds. The Bertz CT molecular complexity index is 1460. The number of carboxylic acid groups (broad SMARTS) is 1. The van der Waals surface area contributed by atoms with Crippen LogP contribution in [0.15, 0.2) is 72.8 Å². The van der Waals surface area contributed by atoms with Crippen molar-refractivity contribution in [1.29, 1.82) is 0 Å². The molecule has 3 aromatic rings. The average molecular weight is 597 g/mol. The summed E-state index contributed by atoms with van der Waals surface area (Å²) in [5.74, 6) is -7.56. The van der Waals surface area contributed by atoms with Gasteiger partial charge in [0.05, 0.1) is 24.1 Å². The molecular weight excluding hydrogens is 566 g/mol. The van der Waals surface area contributed by atoms with Crippen molar-refractivity contribution >= 4 is 29.4 Å². The number of benzene rings is 3. The van der Waals surface area contributed by atoms with Crippen LogP contribution in [0.1, 0.15) is 70.3 Å². The van der Waals surface area contributed by atoms with Crippen molar-refractivity contribution in [2.45, 2.75) is 62.1 Å². The fraction of sp³-hybridized carbons (Fsp3) is 0.344. The minimum Gasteiger partial charge on any atom is -0.477 e. The maximum Gasteiger partial charge on any atom is 0.379 e. The van der Waals surface area contributed by atoms with Gasteiger partial charge in [0.15, 0.2) is 0 Å². The van der Waals surface area contributed by atoms with E-state index < -0.39 is 41.6 Å². The van der Waals surface area contributed by atoms with Crippen molar-refractivity contribution in [3.8, 4) is 0 Å². The topological polar surface area (TPSA) is 107 Å². The molecule has 0 aromatic heterocycles. The van der Waals surface area contributed by atoms with Gasteiger partial charge in [-0.25, -0.2) is 4.79 Å². The van der Waals surface area contributed by atoms with Crippen LogP contribution in [0.25, 0.3) is 0 Å². The number of alkyl halides is 2. The van der Waals surface area contributed by atoms with Crippen molar-refractivity contribution in [1.82, 2.24) is 10.2 Å². The average Bonchev–Trinajstić information content (AvgIpc) is 2.98. The zero-order valence-electron chi connectivity index (χ0n) is 22.7. The lowest BCUT2D eigenvalue weighted by Crippen LogP contribution is -2.55. The summed E-state index contributed by atoms with van der Waals surface area (Å²) in [5, 5.41) is 23.2.